The predicted octanol–water partition coefficient (Wildman–Crippen LogP) is 0.903. The Kier molecular flexibility index (Phi) is 2.10. The van der Waals surface area contributed by atoms with E-state index in [-0.39, 0.29) is 0 Å². The van der Waals surface area contributed by atoms with Crippen LogP contribution in [0.3, 0.4) is 0 Å². The van der Waals surface area contributed by atoms with Gasteiger partial charge in [0, 0.05) is 12.2 Å². The molecule has 0 aliphatic carbocycles. The Morgan fingerprint density at radius 3 is 2.45 bits per heavy atom. The summed E-state index contributed by atoms with van der Waals surface area (Å²) >= 11 is 0. The number of aromatic nitrogens is 1. The molecule has 0 saturated carbocycles. The summed E-state index contributed by atoms with van der Waals surface area (Å²) in [6, 6.07) is 0. The minimum atomic E-state index is 0.488. The number of aryl methyl sites for hydroxylation is 1. The van der Waals surface area contributed by atoms with E-state index in [9.17, 15) is 4.79 Å². The number of hydrogen-bond acceptors (Lipinski definition) is 2. The molecule has 0 radical (unpaired) electrons. The molecule has 1 aromatic heterocycles. The van der Waals surface area contributed by atoms with Crippen LogP contribution in [0.25, 0.3) is 0 Å². The summed E-state index contributed by atoms with van der Waals surface area (Å²) in [5.41, 5.74) is 9.14. The summed E-state index contributed by atoms with van der Waals surface area (Å²) in [4.78, 5) is 13.4. The topological polar surface area (TPSA) is 58.9 Å². The summed E-state index contributed by atoms with van der Waals surface area (Å²) < 4.78 is 0. The fourth-order valence-electron chi connectivity index (χ4n) is 1.24. The van der Waals surface area contributed by atoms with Gasteiger partial charge in [-0.2, -0.15) is 0 Å². The van der Waals surface area contributed by atoms with E-state index in [4.69, 9.17) is 5.73 Å². The molecule has 3 nitrogen and oxygen atoms in total. The van der Waals surface area contributed by atoms with E-state index in [1.165, 1.54) is 0 Å². The SMILES string of the molecule is Cc1[nH]c(C=O)c(C)c1CN. The van der Waals surface area contributed by atoms with Crippen LogP contribution in [0, 0.1) is 13.8 Å². The van der Waals surface area contributed by atoms with E-state index in [2.05, 4.69) is 4.98 Å². The Bertz CT molecular complexity index is 276. The van der Waals surface area contributed by atoms with Gasteiger partial charge in [0.25, 0.3) is 0 Å². The molecule has 0 fully saturated rings. The molecule has 0 spiro atoms. The highest BCUT2D eigenvalue weighted by atomic mass is 16.1. The highest BCUT2D eigenvalue weighted by Gasteiger charge is 2.07. The minimum Gasteiger partial charge on any atom is -0.356 e. The van der Waals surface area contributed by atoms with Crippen molar-refractivity contribution in [2.75, 3.05) is 0 Å². The van der Waals surface area contributed by atoms with Gasteiger partial charge >= 0.3 is 0 Å². The molecule has 1 aromatic rings. The van der Waals surface area contributed by atoms with Crippen LogP contribution in [-0.2, 0) is 6.54 Å². The molecule has 0 aliphatic heterocycles. The second kappa shape index (κ2) is 2.88. The van der Waals surface area contributed by atoms with Crippen molar-refractivity contribution in [2.24, 2.45) is 5.73 Å². The summed E-state index contributed by atoms with van der Waals surface area (Å²) in [5, 5.41) is 0. The first-order valence-electron chi connectivity index (χ1n) is 3.54. The second-order valence-corrected chi connectivity index (χ2v) is 2.59. The Balaban J connectivity index is 3.24. The van der Waals surface area contributed by atoms with Gasteiger partial charge in [-0.25, -0.2) is 0 Å². The quantitative estimate of drug-likeness (QED) is 0.618. The summed E-state index contributed by atoms with van der Waals surface area (Å²) in [6.45, 7) is 4.31. The average Bonchev–Trinajstić information content (AvgIpc) is 2.26. The van der Waals surface area contributed by atoms with Gasteiger partial charge < -0.3 is 10.7 Å². The first kappa shape index (κ1) is 8.01. The number of aldehydes is 1. The van der Waals surface area contributed by atoms with Crippen LogP contribution >= 0.6 is 0 Å². The van der Waals surface area contributed by atoms with E-state index in [0.29, 0.717) is 12.2 Å². The average molecular weight is 152 g/mol. The van der Waals surface area contributed by atoms with Crippen molar-refractivity contribution in [3.05, 3.63) is 22.5 Å². The Morgan fingerprint density at radius 2 is 2.18 bits per heavy atom. The molecule has 3 heteroatoms. The first-order chi connectivity index (χ1) is 5.20. The van der Waals surface area contributed by atoms with Gasteiger partial charge in [0.2, 0.25) is 0 Å². The lowest BCUT2D eigenvalue weighted by Gasteiger charge is -1.94. The number of aromatic amines is 1. The zero-order valence-electron chi connectivity index (χ0n) is 6.77. The number of carbonyl (C=O) groups is 1. The largest absolute Gasteiger partial charge is 0.356 e. The molecule has 0 bridgehead atoms. The van der Waals surface area contributed by atoms with Crippen LogP contribution in [0.5, 0.6) is 0 Å². The van der Waals surface area contributed by atoms with Crippen molar-refractivity contribution in [2.45, 2.75) is 20.4 Å². The lowest BCUT2D eigenvalue weighted by molar-refractivity contribution is 0.111. The lowest BCUT2D eigenvalue weighted by Crippen LogP contribution is -1.98. The van der Waals surface area contributed by atoms with Crippen molar-refractivity contribution in [3.63, 3.8) is 0 Å². The fraction of sp³-hybridized carbons (Fsp3) is 0.375. The van der Waals surface area contributed by atoms with Crippen molar-refractivity contribution < 1.29 is 4.79 Å². The zero-order chi connectivity index (χ0) is 8.43. The van der Waals surface area contributed by atoms with Crippen LogP contribution in [0.1, 0.15) is 27.3 Å². The molecule has 0 unspecified atom stereocenters. The van der Waals surface area contributed by atoms with E-state index < -0.39 is 0 Å². The molecule has 3 N–H and O–H groups in total. The third kappa shape index (κ3) is 1.19. The number of H-pyrrole nitrogens is 1. The van der Waals surface area contributed by atoms with Crippen molar-refractivity contribution in [1.29, 1.82) is 0 Å². The molecule has 1 heterocycles. The molecule has 60 valence electrons. The Hall–Kier alpha value is -1.09. The molecule has 0 aliphatic rings. The lowest BCUT2D eigenvalue weighted by atomic mass is 10.1. The van der Waals surface area contributed by atoms with Gasteiger partial charge in [-0.05, 0) is 25.0 Å². The van der Waals surface area contributed by atoms with Crippen molar-refractivity contribution in [1.82, 2.24) is 4.98 Å². The van der Waals surface area contributed by atoms with Crippen LogP contribution < -0.4 is 5.73 Å². The van der Waals surface area contributed by atoms with Gasteiger partial charge in [0.15, 0.2) is 6.29 Å². The Labute approximate surface area is 65.6 Å². The molecule has 0 atom stereocenters. The van der Waals surface area contributed by atoms with Crippen LogP contribution in [0.2, 0.25) is 0 Å². The molecule has 11 heavy (non-hydrogen) atoms. The van der Waals surface area contributed by atoms with Crippen LogP contribution in [0.15, 0.2) is 0 Å². The smallest absolute Gasteiger partial charge is 0.166 e. The summed E-state index contributed by atoms with van der Waals surface area (Å²) in [7, 11) is 0. The number of rotatable bonds is 2. The van der Waals surface area contributed by atoms with Crippen molar-refractivity contribution in [3.8, 4) is 0 Å². The predicted molar refractivity (Wildman–Crippen MR) is 43.5 cm³/mol. The third-order valence-electron chi connectivity index (χ3n) is 1.95. The van der Waals surface area contributed by atoms with Gasteiger partial charge in [-0.3, -0.25) is 4.79 Å². The van der Waals surface area contributed by atoms with E-state index in [1.807, 2.05) is 13.8 Å². The number of hydrogen-bond donors (Lipinski definition) is 2. The maximum Gasteiger partial charge on any atom is 0.166 e. The standard InChI is InChI=1S/C8H12N2O/c1-5-7(3-9)6(2)10-8(5)4-11/h4,10H,3,9H2,1-2H3. The van der Waals surface area contributed by atoms with Gasteiger partial charge in [0.05, 0.1) is 5.69 Å². The number of nitrogens with one attached hydrogen (secondary N) is 1. The van der Waals surface area contributed by atoms with Crippen molar-refractivity contribution >= 4 is 6.29 Å². The molecular formula is C8H12N2O. The fourth-order valence-corrected chi connectivity index (χ4v) is 1.24. The monoisotopic (exact) mass is 152 g/mol. The van der Waals surface area contributed by atoms with Crippen LogP contribution in [0.4, 0.5) is 0 Å². The summed E-state index contributed by atoms with van der Waals surface area (Å²) in [6.07, 6.45) is 0.821. The molecule has 0 aromatic carbocycles. The molecule has 0 saturated heterocycles. The highest BCUT2D eigenvalue weighted by molar-refractivity contribution is 5.75. The minimum absolute atomic E-state index is 0.488. The Morgan fingerprint density at radius 1 is 1.55 bits per heavy atom. The van der Waals surface area contributed by atoms with Crippen LogP contribution in [-0.4, -0.2) is 11.3 Å². The number of nitrogens with two attached hydrogens (primary N) is 1. The maximum absolute atomic E-state index is 10.4. The van der Waals surface area contributed by atoms with Gasteiger partial charge in [-0.1, -0.05) is 0 Å². The van der Waals surface area contributed by atoms with Gasteiger partial charge in [-0.15, -0.1) is 0 Å². The summed E-state index contributed by atoms with van der Waals surface area (Å²) in [5.74, 6) is 0. The first-order valence-corrected chi connectivity index (χ1v) is 3.54. The molecular weight excluding hydrogens is 140 g/mol. The normalized spacial score (nSPS) is 10.1. The highest BCUT2D eigenvalue weighted by Crippen LogP contribution is 2.14. The third-order valence-corrected chi connectivity index (χ3v) is 1.95. The molecule has 0 amide bonds. The maximum atomic E-state index is 10.4. The van der Waals surface area contributed by atoms with Gasteiger partial charge in [0.1, 0.15) is 0 Å². The van der Waals surface area contributed by atoms with E-state index >= 15 is 0 Å². The second-order valence-electron chi connectivity index (χ2n) is 2.59. The number of carbonyl (C=O) groups excluding carboxylic acids is 1. The molecule has 1 rings (SSSR count). The van der Waals surface area contributed by atoms with E-state index in [0.717, 1.165) is 23.1 Å². The zero-order valence-corrected chi connectivity index (χ0v) is 6.77. The van der Waals surface area contributed by atoms with E-state index in [1.54, 1.807) is 0 Å².